The van der Waals surface area contributed by atoms with E-state index in [0.717, 1.165) is 5.39 Å². The number of nitrogens with zero attached hydrogens (tertiary/aromatic N) is 5. The number of amides is 2. The fourth-order valence-corrected chi connectivity index (χ4v) is 3.99. The number of aryl methyl sites for hydroxylation is 1. The summed E-state index contributed by atoms with van der Waals surface area (Å²) in [6, 6.07) is 0. The number of hydrogen-bond acceptors (Lipinski definition) is 9. The number of anilines is 2. The quantitative estimate of drug-likeness (QED) is 0.503. The van der Waals surface area contributed by atoms with E-state index in [4.69, 9.17) is 4.84 Å². The molecule has 0 aliphatic carbocycles. The zero-order chi connectivity index (χ0) is 22.0. The molecule has 1 aliphatic heterocycles. The molecule has 162 valence electrons. The highest BCUT2D eigenvalue weighted by Crippen LogP contribution is 2.36. The van der Waals surface area contributed by atoms with Crippen LogP contribution in [-0.4, -0.2) is 57.0 Å². The van der Waals surface area contributed by atoms with Crippen LogP contribution < -0.4 is 16.0 Å². The van der Waals surface area contributed by atoms with E-state index in [2.05, 4.69) is 36.2 Å². The second kappa shape index (κ2) is 8.30. The number of carbonyl (C=O) groups excluding carboxylic acids is 2. The predicted octanol–water partition coefficient (Wildman–Crippen LogP) is 1.40. The summed E-state index contributed by atoms with van der Waals surface area (Å²) in [5, 5.41) is 19.7. The molecule has 11 nitrogen and oxygen atoms in total. The molecule has 3 N–H and O–H groups in total. The van der Waals surface area contributed by atoms with Gasteiger partial charge in [0.2, 0.25) is 11.5 Å². The van der Waals surface area contributed by atoms with Gasteiger partial charge in [-0.05, 0) is 6.92 Å². The van der Waals surface area contributed by atoms with Gasteiger partial charge in [-0.2, -0.15) is 5.10 Å². The number of nitrogens with one attached hydrogen (secondary N) is 3. The van der Waals surface area contributed by atoms with Gasteiger partial charge in [-0.15, -0.1) is 11.3 Å². The molecule has 1 unspecified atom stereocenters. The molecule has 0 spiro atoms. The van der Waals surface area contributed by atoms with Crippen molar-refractivity contribution < 1.29 is 14.4 Å². The Labute approximate surface area is 181 Å². The van der Waals surface area contributed by atoms with Crippen LogP contribution in [0.5, 0.6) is 0 Å². The lowest BCUT2D eigenvalue weighted by molar-refractivity contribution is -0.149. The van der Waals surface area contributed by atoms with Crippen LogP contribution in [0.2, 0.25) is 0 Å². The molecule has 0 radical (unpaired) electrons. The number of thiazole rings is 1. The molecule has 4 rings (SSSR count). The zero-order valence-electron chi connectivity index (χ0n) is 17.3. The van der Waals surface area contributed by atoms with E-state index in [1.807, 2.05) is 12.3 Å². The van der Waals surface area contributed by atoms with E-state index in [-0.39, 0.29) is 18.7 Å². The average Bonchev–Trinajstić information content (AvgIpc) is 3.53. The van der Waals surface area contributed by atoms with Crippen LogP contribution in [-0.2, 0) is 21.0 Å². The van der Waals surface area contributed by atoms with Gasteiger partial charge in [0.25, 0.3) is 5.91 Å². The van der Waals surface area contributed by atoms with Crippen LogP contribution >= 0.6 is 11.3 Å². The number of hydrogen-bond donors (Lipinski definition) is 3. The van der Waals surface area contributed by atoms with Gasteiger partial charge < -0.3 is 20.8 Å². The minimum Gasteiger partial charge on any atom is -0.378 e. The third-order valence-corrected chi connectivity index (χ3v) is 5.70. The fourth-order valence-electron chi connectivity index (χ4n) is 3.51. The summed E-state index contributed by atoms with van der Waals surface area (Å²) in [6.45, 7) is 2.66. The number of pyridine rings is 1. The van der Waals surface area contributed by atoms with Crippen molar-refractivity contribution in [2.45, 2.75) is 31.9 Å². The molecule has 1 aliphatic rings. The molecule has 1 atom stereocenters. The molecule has 0 aromatic carbocycles. The van der Waals surface area contributed by atoms with Gasteiger partial charge >= 0.3 is 0 Å². The second-order valence-electron chi connectivity index (χ2n) is 6.97. The van der Waals surface area contributed by atoms with Crippen molar-refractivity contribution in [3.8, 4) is 0 Å². The first-order valence-corrected chi connectivity index (χ1v) is 10.6. The van der Waals surface area contributed by atoms with E-state index < -0.39 is 11.5 Å². The van der Waals surface area contributed by atoms with Crippen LogP contribution in [0.3, 0.4) is 0 Å². The predicted molar refractivity (Wildman–Crippen MR) is 116 cm³/mol. The number of rotatable bonds is 7. The van der Waals surface area contributed by atoms with Gasteiger partial charge in [-0.25, -0.2) is 14.6 Å². The zero-order valence-corrected chi connectivity index (χ0v) is 18.1. The normalized spacial score (nSPS) is 17.8. The third-order valence-electron chi connectivity index (χ3n) is 5.11. The van der Waals surface area contributed by atoms with Crippen molar-refractivity contribution in [1.82, 2.24) is 30.4 Å². The number of fused-ring (bicyclic) bond motifs is 1. The molecule has 0 saturated heterocycles. The summed E-state index contributed by atoms with van der Waals surface area (Å²) in [5.41, 5.74) is 2.89. The molecular weight excluding hydrogens is 420 g/mol. The molecule has 12 heteroatoms. The molecule has 31 heavy (non-hydrogen) atoms. The highest BCUT2D eigenvalue weighted by Gasteiger charge is 2.48. The average molecular weight is 443 g/mol. The largest absolute Gasteiger partial charge is 0.378 e. The van der Waals surface area contributed by atoms with Crippen molar-refractivity contribution in [1.29, 1.82) is 0 Å². The van der Waals surface area contributed by atoms with E-state index in [1.165, 1.54) is 25.4 Å². The molecule has 0 saturated carbocycles. The lowest BCUT2D eigenvalue weighted by Crippen LogP contribution is -2.48. The Morgan fingerprint density at radius 3 is 2.77 bits per heavy atom. The molecule has 3 aromatic rings. The highest BCUT2D eigenvalue weighted by atomic mass is 32.1. The first-order valence-electron chi connectivity index (χ1n) is 9.69. The standard InChI is InChI=1S/C19H22N8O3S/c1-4-27-17-12(8-24-27)16(25-14-9-31-10-23-14)11(7-22-17)13-5-19(30-26-13,18(29)21-3)6-15(28)20-2/h7-10H,4-6H2,1-3H3,(H,20,28)(H,21,29)(H,22,25). The lowest BCUT2D eigenvalue weighted by Gasteiger charge is -2.23. The Hall–Kier alpha value is -3.54. The van der Waals surface area contributed by atoms with E-state index >= 15 is 0 Å². The smallest absolute Gasteiger partial charge is 0.267 e. The summed E-state index contributed by atoms with van der Waals surface area (Å²) in [7, 11) is 3.01. The lowest BCUT2D eigenvalue weighted by atomic mass is 9.89. The van der Waals surface area contributed by atoms with Crippen molar-refractivity contribution in [3.05, 3.63) is 28.8 Å². The first kappa shape index (κ1) is 20.7. The van der Waals surface area contributed by atoms with Crippen LogP contribution in [0.1, 0.15) is 25.3 Å². The van der Waals surface area contributed by atoms with Crippen LogP contribution in [0.15, 0.2) is 28.4 Å². The Morgan fingerprint density at radius 2 is 2.10 bits per heavy atom. The van der Waals surface area contributed by atoms with Gasteiger partial charge in [0, 0.05) is 44.2 Å². The Balaban J connectivity index is 1.77. The summed E-state index contributed by atoms with van der Waals surface area (Å²) in [5.74, 6) is -0.0687. The minimum atomic E-state index is -1.43. The van der Waals surface area contributed by atoms with E-state index in [1.54, 1.807) is 22.6 Å². The van der Waals surface area contributed by atoms with Crippen molar-refractivity contribution >= 4 is 51.4 Å². The maximum atomic E-state index is 12.6. The Morgan fingerprint density at radius 1 is 1.26 bits per heavy atom. The van der Waals surface area contributed by atoms with Crippen molar-refractivity contribution in [2.24, 2.45) is 5.16 Å². The number of carbonyl (C=O) groups is 2. The van der Waals surface area contributed by atoms with Gasteiger partial charge in [0.1, 0.15) is 5.82 Å². The Bertz CT molecular complexity index is 1160. The maximum absolute atomic E-state index is 12.6. The topological polar surface area (TPSA) is 135 Å². The summed E-state index contributed by atoms with van der Waals surface area (Å²) < 4.78 is 1.79. The third kappa shape index (κ3) is 3.69. The molecule has 4 heterocycles. The van der Waals surface area contributed by atoms with Crippen molar-refractivity contribution in [2.75, 3.05) is 19.4 Å². The molecular formula is C19H22N8O3S. The highest BCUT2D eigenvalue weighted by molar-refractivity contribution is 7.07. The molecule has 0 bridgehead atoms. The molecule has 3 aromatic heterocycles. The molecule has 2 amide bonds. The molecule has 0 fully saturated rings. The number of oxime groups is 1. The minimum absolute atomic E-state index is 0.112. The second-order valence-corrected chi connectivity index (χ2v) is 7.69. The summed E-state index contributed by atoms with van der Waals surface area (Å²) in [6.07, 6.45) is 3.36. The maximum Gasteiger partial charge on any atom is 0.267 e. The summed E-state index contributed by atoms with van der Waals surface area (Å²) >= 11 is 1.47. The SMILES string of the molecule is CCn1ncc2c(Nc3cscn3)c(C3=NOC(CC(=O)NC)(C(=O)NC)C3)cnc21. The van der Waals surface area contributed by atoms with Gasteiger partial charge in [0.15, 0.2) is 5.65 Å². The summed E-state index contributed by atoms with van der Waals surface area (Å²) in [4.78, 5) is 39.1. The van der Waals surface area contributed by atoms with E-state index in [9.17, 15) is 9.59 Å². The van der Waals surface area contributed by atoms with E-state index in [0.29, 0.717) is 35.0 Å². The van der Waals surface area contributed by atoms with Crippen LogP contribution in [0.4, 0.5) is 11.5 Å². The first-order chi connectivity index (χ1) is 15.0. The number of aromatic nitrogens is 4. The fraction of sp³-hybridized carbons (Fsp3) is 0.368. The van der Waals surface area contributed by atoms with Crippen molar-refractivity contribution in [3.63, 3.8) is 0 Å². The van der Waals surface area contributed by atoms with Gasteiger partial charge in [-0.1, -0.05) is 5.16 Å². The van der Waals surface area contributed by atoms with Gasteiger partial charge in [0.05, 0.1) is 34.9 Å². The van der Waals surface area contributed by atoms with Gasteiger partial charge in [-0.3, -0.25) is 9.59 Å². The number of likely N-dealkylation sites (N-methyl/N-ethyl adjacent to an activating group) is 1. The Kier molecular flexibility index (Phi) is 5.55. The monoisotopic (exact) mass is 442 g/mol. The van der Waals surface area contributed by atoms with Crippen LogP contribution in [0.25, 0.3) is 11.0 Å². The van der Waals surface area contributed by atoms with Crippen LogP contribution in [0, 0.1) is 0 Å².